The van der Waals surface area contributed by atoms with Gasteiger partial charge in [-0.2, -0.15) is 0 Å². The third kappa shape index (κ3) is 2.11. The highest BCUT2D eigenvalue weighted by Crippen LogP contribution is 2.26. The molecule has 0 spiro atoms. The fourth-order valence-electron chi connectivity index (χ4n) is 1.46. The lowest BCUT2D eigenvalue weighted by atomic mass is 9.99. The quantitative estimate of drug-likeness (QED) is 0.826. The van der Waals surface area contributed by atoms with Crippen LogP contribution in [0.1, 0.15) is 31.8 Å². The standard InChI is InChI=1S/C10H9IO5/c1-4-3-6(9(12)13)5(2)7(10(14)15)8(4)11-16/h3H,1-2H3,(H,12,13)(H,14,15). The lowest BCUT2D eigenvalue weighted by molar-refractivity contribution is 0.0694. The molecule has 0 saturated carbocycles. The molecule has 86 valence electrons. The van der Waals surface area contributed by atoms with Crippen molar-refractivity contribution in [2.24, 2.45) is 0 Å². The van der Waals surface area contributed by atoms with E-state index in [1.165, 1.54) is 13.0 Å². The summed E-state index contributed by atoms with van der Waals surface area (Å²) in [6.07, 6.45) is 0. The first-order chi connectivity index (χ1) is 7.40. The molecule has 0 fully saturated rings. The van der Waals surface area contributed by atoms with Crippen LogP contribution in [0.15, 0.2) is 6.07 Å². The fourth-order valence-corrected chi connectivity index (χ4v) is 2.82. The van der Waals surface area contributed by atoms with Gasteiger partial charge >= 0.3 is 11.9 Å². The summed E-state index contributed by atoms with van der Waals surface area (Å²) in [6.45, 7) is 2.97. The largest absolute Gasteiger partial charge is 0.478 e. The molecule has 0 amide bonds. The minimum absolute atomic E-state index is 0.0592. The summed E-state index contributed by atoms with van der Waals surface area (Å²) in [5.41, 5.74) is 0.399. The molecule has 0 aliphatic carbocycles. The Morgan fingerprint density at radius 3 is 2.12 bits per heavy atom. The number of carboxylic acids is 2. The van der Waals surface area contributed by atoms with Gasteiger partial charge in [-0.15, -0.1) is 0 Å². The van der Waals surface area contributed by atoms with Crippen molar-refractivity contribution in [2.45, 2.75) is 13.8 Å². The molecule has 0 aliphatic rings. The van der Waals surface area contributed by atoms with E-state index in [2.05, 4.69) is 0 Å². The molecule has 2 N–H and O–H groups in total. The Morgan fingerprint density at radius 2 is 1.75 bits per heavy atom. The van der Waals surface area contributed by atoms with Gasteiger partial charge in [0.15, 0.2) is 21.2 Å². The van der Waals surface area contributed by atoms with Crippen molar-refractivity contribution in [1.82, 2.24) is 0 Å². The van der Waals surface area contributed by atoms with Crippen molar-refractivity contribution in [2.75, 3.05) is 0 Å². The van der Waals surface area contributed by atoms with Crippen LogP contribution in [-0.2, 0) is 3.07 Å². The molecule has 0 bridgehead atoms. The highest BCUT2D eigenvalue weighted by molar-refractivity contribution is 14.1. The number of hydrogen-bond acceptors (Lipinski definition) is 3. The molecule has 0 atom stereocenters. The van der Waals surface area contributed by atoms with Crippen molar-refractivity contribution in [3.63, 3.8) is 0 Å². The summed E-state index contributed by atoms with van der Waals surface area (Å²) in [4.78, 5) is 21.9. The van der Waals surface area contributed by atoms with Crippen molar-refractivity contribution < 1.29 is 22.9 Å². The van der Waals surface area contributed by atoms with E-state index in [1.807, 2.05) is 0 Å². The van der Waals surface area contributed by atoms with Crippen molar-refractivity contribution >= 4 is 33.1 Å². The summed E-state index contributed by atoms with van der Waals surface area (Å²) in [6, 6.07) is 1.36. The van der Waals surface area contributed by atoms with E-state index in [-0.39, 0.29) is 20.3 Å². The molecule has 0 aromatic heterocycles. The summed E-state index contributed by atoms with van der Waals surface area (Å²) in [5.74, 6) is -2.42. The van der Waals surface area contributed by atoms with Gasteiger partial charge < -0.3 is 10.2 Å². The van der Waals surface area contributed by atoms with Crippen LogP contribution in [0.5, 0.6) is 0 Å². The van der Waals surface area contributed by atoms with Crippen LogP contribution in [0.3, 0.4) is 0 Å². The molecule has 0 unspecified atom stereocenters. The molecule has 0 aliphatic heterocycles. The van der Waals surface area contributed by atoms with Gasteiger partial charge in [0.05, 0.1) is 14.7 Å². The number of carboxylic acid groups (broad SMARTS) is 2. The molecular weight excluding hydrogens is 327 g/mol. The maximum absolute atomic E-state index is 11.0. The second kappa shape index (κ2) is 4.69. The third-order valence-corrected chi connectivity index (χ3v) is 4.06. The first-order valence-corrected chi connectivity index (χ1v) is 6.24. The Bertz CT molecular complexity index is 492. The second-order valence-corrected chi connectivity index (χ2v) is 4.76. The second-order valence-electron chi connectivity index (χ2n) is 3.24. The summed E-state index contributed by atoms with van der Waals surface area (Å²) in [7, 11) is 0. The molecule has 5 nitrogen and oxygen atoms in total. The molecule has 1 aromatic rings. The molecule has 1 aromatic carbocycles. The monoisotopic (exact) mass is 336 g/mol. The number of carbonyl (C=O) groups is 2. The molecule has 0 radical (unpaired) electrons. The van der Waals surface area contributed by atoms with Crippen LogP contribution in [0.4, 0.5) is 0 Å². The van der Waals surface area contributed by atoms with Crippen LogP contribution < -0.4 is 0 Å². The summed E-state index contributed by atoms with van der Waals surface area (Å²) >= 11 is -1.64. The molecule has 0 saturated heterocycles. The lowest BCUT2D eigenvalue weighted by Gasteiger charge is -2.09. The van der Waals surface area contributed by atoms with Gasteiger partial charge in [-0.25, -0.2) is 9.59 Å². The SMILES string of the molecule is Cc1cc(C(=O)O)c(C)c(C(=O)O)c1I=O. The van der Waals surface area contributed by atoms with Gasteiger partial charge in [0.25, 0.3) is 0 Å². The van der Waals surface area contributed by atoms with E-state index in [9.17, 15) is 12.7 Å². The van der Waals surface area contributed by atoms with Crippen LogP contribution in [0.2, 0.25) is 0 Å². The van der Waals surface area contributed by atoms with Gasteiger partial charge in [-0.1, -0.05) is 0 Å². The van der Waals surface area contributed by atoms with Crippen LogP contribution in [-0.4, -0.2) is 22.2 Å². The van der Waals surface area contributed by atoms with Crippen LogP contribution in [0, 0.1) is 17.4 Å². The van der Waals surface area contributed by atoms with E-state index < -0.39 is 33.1 Å². The number of benzene rings is 1. The summed E-state index contributed by atoms with van der Waals surface area (Å²) in [5, 5.41) is 17.9. The first-order valence-electron chi connectivity index (χ1n) is 4.28. The van der Waals surface area contributed by atoms with Gasteiger partial charge in [0.1, 0.15) is 0 Å². The van der Waals surface area contributed by atoms with E-state index in [4.69, 9.17) is 10.2 Å². The number of aryl methyl sites for hydroxylation is 1. The average Bonchev–Trinajstić information content (AvgIpc) is 2.19. The Hall–Kier alpha value is -1.31. The van der Waals surface area contributed by atoms with Crippen molar-refractivity contribution in [1.29, 1.82) is 0 Å². The van der Waals surface area contributed by atoms with E-state index in [0.717, 1.165) is 0 Å². The number of rotatable bonds is 3. The molecule has 1 rings (SSSR count). The fraction of sp³-hybridized carbons (Fsp3) is 0.200. The predicted octanol–water partition coefficient (Wildman–Crippen LogP) is 2.19. The molecule has 0 heterocycles. The average molecular weight is 336 g/mol. The van der Waals surface area contributed by atoms with Crippen LogP contribution >= 0.6 is 21.2 Å². The smallest absolute Gasteiger partial charge is 0.337 e. The zero-order chi connectivity index (χ0) is 12.5. The first kappa shape index (κ1) is 12.8. The van der Waals surface area contributed by atoms with Crippen molar-refractivity contribution in [3.05, 3.63) is 31.9 Å². The van der Waals surface area contributed by atoms with E-state index in [0.29, 0.717) is 5.56 Å². The lowest BCUT2D eigenvalue weighted by Crippen LogP contribution is -2.11. The Labute approximate surface area is 102 Å². The minimum atomic E-state index is -1.64. The highest BCUT2D eigenvalue weighted by atomic mass is 127. The minimum Gasteiger partial charge on any atom is -0.478 e. The normalized spacial score (nSPS) is 10.1. The van der Waals surface area contributed by atoms with Crippen LogP contribution in [0.25, 0.3) is 0 Å². The zero-order valence-corrected chi connectivity index (χ0v) is 10.7. The third-order valence-electron chi connectivity index (χ3n) is 2.23. The number of halogens is 1. The van der Waals surface area contributed by atoms with Gasteiger partial charge in [0.2, 0.25) is 0 Å². The zero-order valence-electron chi connectivity index (χ0n) is 8.57. The molecular formula is C10H9IO5. The Balaban J connectivity index is 3.72. The Kier molecular flexibility index (Phi) is 3.74. The van der Waals surface area contributed by atoms with Crippen molar-refractivity contribution in [3.8, 4) is 0 Å². The predicted molar refractivity (Wildman–Crippen MR) is 63.2 cm³/mol. The Morgan fingerprint density at radius 1 is 1.19 bits per heavy atom. The highest BCUT2D eigenvalue weighted by Gasteiger charge is 2.21. The molecule has 16 heavy (non-hydrogen) atoms. The van der Waals surface area contributed by atoms with E-state index in [1.54, 1.807) is 6.92 Å². The number of aromatic carboxylic acids is 2. The van der Waals surface area contributed by atoms with Gasteiger partial charge in [0, 0.05) is 0 Å². The molecule has 6 heteroatoms. The topological polar surface area (TPSA) is 91.7 Å². The maximum atomic E-state index is 11.0. The van der Waals surface area contributed by atoms with Gasteiger partial charge in [-0.05, 0) is 31.0 Å². The maximum Gasteiger partial charge on any atom is 0.337 e. The summed E-state index contributed by atoms with van der Waals surface area (Å²) < 4.78 is 11.3. The van der Waals surface area contributed by atoms with E-state index >= 15 is 0 Å². The van der Waals surface area contributed by atoms with Gasteiger partial charge in [-0.3, -0.25) is 3.07 Å². The number of hydrogen-bond donors (Lipinski definition) is 2.